The second kappa shape index (κ2) is 12.2. The van der Waals surface area contributed by atoms with E-state index in [0.29, 0.717) is 27.2 Å². The first-order chi connectivity index (χ1) is 14.7. The summed E-state index contributed by atoms with van der Waals surface area (Å²) < 4.78 is 5.63. The third-order valence-electron chi connectivity index (χ3n) is 4.90. The number of benzene rings is 2. The zero-order valence-corrected chi connectivity index (χ0v) is 20.1. The molecule has 0 aliphatic heterocycles. The number of amides is 2. The molecular formula is C23H27Cl3N2O3. The maximum Gasteiger partial charge on any atom is 0.261 e. The molecule has 0 spiro atoms. The van der Waals surface area contributed by atoms with Crippen LogP contribution in [0, 0.1) is 0 Å². The molecule has 0 radical (unpaired) electrons. The van der Waals surface area contributed by atoms with Crippen LogP contribution in [0.3, 0.4) is 0 Å². The maximum absolute atomic E-state index is 13.1. The Hall–Kier alpha value is -1.95. The highest BCUT2D eigenvalue weighted by molar-refractivity contribution is 6.42. The Bertz CT molecular complexity index is 890. The Labute approximate surface area is 198 Å². The van der Waals surface area contributed by atoms with E-state index in [1.807, 2.05) is 20.8 Å². The minimum Gasteiger partial charge on any atom is -0.484 e. The van der Waals surface area contributed by atoms with Crippen LogP contribution >= 0.6 is 34.8 Å². The number of nitrogens with one attached hydrogen (secondary N) is 1. The standard InChI is InChI=1S/C23H27Cl3N2O3/c1-4-15(3)27-23(30)21(5-2)28(13-16-6-11-19(25)20(26)12-16)22(29)14-31-18-9-7-17(24)8-10-18/h6-12,15,21H,4-5,13-14H2,1-3H3,(H,27,30)/t15-,21+/m0/s1. The zero-order chi connectivity index (χ0) is 23.0. The number of carbonyl (C=O) groups excluding carboxylic acids is 2. The Balaban J connectivity index is 2.23. The normalized spacial score (nSPS) is 12.7. The van der Waals surface area contributed by atoms with Crippen LogP contribution in [-0.2, 0) is 16.1 Å². The Kier molecular flexibility index (Phi) is 9.94. The lowest BCUT2D eigenvalue weighted by molar-refractivity contribution is -0.143. The molecule has 5 nitrogen and oxygen atoms in total. The highest BCUT2D eigenvalue weighted by Gasteiger charge is 2.29. The monoisotopic (exact) mass is 484 g/mol. The highest BCUT2D eigenvalue weighted by Crippen LogP contribution is 2.24. The van der Waals surface area contributed by atoms with E-state index in [9.17, 15) is 9.59 Å². The van der Waals surface area contributed by atoms with Crippen molar-refractivity contribution in [2.24, 2.45) is 0 Å². The fourth-order valence-electron chi connectivity index (χ4n) is 2.95. The molecule has 0 unspecified atom stereocenters. The quantitative estimate of drug-likeness (QED) is 0.466. The fourth-order valence-corrected chi connectivity index (χ4v) is 3.40. The van der Waals surface area contributed by atoms with Crippen LogP contribution in [0.25, 0.3) is 0 Å². The summed E-state index contributed by atoms with van der Waals surface area (Å²) in [6.45, 7) is 5.78. The van der Waals surface area contributed by atoms with Gasteiger partial charge in [-0.3, -0.25) is 9.59 Å². The first-order valence-electron chi connectivity index (χ1n) is 10.2. The summed E-state index contributed by atoms with van der Waals surface area (Å²) in [5.41, 5.74) is 0.768. The molecule has 168 valence electrons. The molecule has 0 aliphatic carbocycles. The van der Waals surface area contributed by atoms with E-state index in [2.05, 4.69) is 5.32 Å². The molecule has 2 aromatic carbocycles. The van der Waals surface area contributed by atoms with Gasteiger partial charge in [0.05, 0.1) is 10.0 Å². The van der Waals surface area contributed by atoms with Gasteiger partial charge in [0.15, 0.2) is 6.61 Å². The molecular weight excluding hydrogens is 459 g/mol. The molecule has 0 heterocycles. The van der Waals surface area contributed by atoms with Crippen molar-refractivity contribution in [3.8, 4) is 5.75 Å². The van der Waals surface area contributed by atoms with Crippen LogP contribution in [0.15, 0.2) is 42.5 Å². The smallest absolute Gasteiger partial charge is 0.261 e. The number of halogens is 3. The summed E-state index contributed by atoms with van der Waals surface area (Å²) in [7, 11) is 0. The third kappa shape index (κ3) is 7.60. The lowest BCUT2D eigenvalue weighted by atomic mass is 10.1. The average Bonchev–Trinajstić information content (AvgIpc) is 2.75. The van der Waals surface area contributed by atoms with E-state index in [4.69, 9.17) is 39.5 Å². The van der Waals surface area contributed by atoms with Crippen molar-refractivity contribution in [1.82, 2.24) is 10.2 Å². The number of carbonyl (C=O) groups is 2. The summed E-state index contributed by atoms with van der Waals surface area (Å²) >= 11 is 18.1. The van der Waals surface area contributed by atoms with Crippen molar-refractivity contribution in [3.05, 3.63) is 63.1 Å². The van der Waals surface area contributed by atoms with Crippen LogP contribution in [0.2, 0.25) is 15.1 Å². The van der Waals surface area contributed by atoms with Gasteiger partial charge in [-0.15, -0.1) is 0 Å². The molecule has 2 aromatic rings. The van der Waals surface area contributed by atoms with Gasteiger partial charge in [0, 0.05) is 17.6 Å². The molecule has 2 amide bonds. The van der Waals surface area contributed by atoms with Crippen LogP contribution in [-0.4, -0.2) is 35.4 Å². The van der Waals surface area contributed by atoms with Crippen molar-refractivity contribution in [2.75, 3.05) is 6.61 Å². The summed E-state index contributed by atoms with van der Waals surface area (Å²) in [6.07, 6.45) is 1.25. The number of hydrogen-bond donors (Lipinski definition) is 1. The van der Waals surface area contributed by atoms with Gasteiger partial charge in [-0.25, -0.2) is 0 Å². The first kappa shape index (κ1) is 25.3. The fraction of sp³-hybridized carbons (Fsp3) is 0.391. The minimum atomic E-state index is -0.648. The lowest BCUT2D eigenvalue weighted by Crippen LogP contribution is -2.51. The van der Waals surface area contributed by atoms with E-state index >= 15 is 0 Å². The van der Waals surface area contributed by atoms with Gasteiger partial charge < -0.3 is 15.0 Å². The van der Waals surface area contributed by atoms with Crippen LogP contribution in [0.1, 0.15) is 39.2 Å². The molecule has 0 aromatic heterocycles. The van der Waals surface area contributed by atoms with E-state index in [1.54, 1.807) is 42.5 Å². The summed E-state index contributed by atoms with van der Waals surface area (Å²) in [6, 6.07) is 11.3. The van der Waals surface area contributed by atoms with Crippen molar-refractivity contribution in [3.63, 3.8) is 0 Å². The number of hydrogen-bond acceptors (Lipinski definition) is 3. The molecule has 1 N–H and O–H groups in total. The molecule has 8 heteroatoms. The second-order valence-corrected chi connectivity index (χ2v) is 8.51. The summed E-state index contributed by atoms with van der Waals surface area (Å²) in [4.78, 5) is 27.6. The Morgan fingerprint density at radius 1 is 1.00 bits per heavy atom. The summed E-state index contributed by atoms with van der Waals surface area (Å²) in [5.74, 6) is 0.00766. The van der Waals surface area contributed by atoms with Crippen LogP contribution < -0.4 is 10.1 Å². The topological polar surface area (TPSA) is 58.6 Å². The molecule has 0 saturated heterocycles. The van der Waals surface area contributed by atoms with Gasteiger partial charge >= 0.3 is 0 Å². The van der Waals surface area contributed by atoms with Crippen molar-refractivity contribution in [1.29, 1.82) is 0 Å². The van der Waals surface area contributed by atoms with E-state index in [-0.39, 0.29) is 31.0 Å². The molecule has 2 rings (SSSR count). The van der Waals surface area contributed by atoms with Gasteiger partial charge in [0.25, 0.3) is 5.91 Å². The molecule has 0 bridgehead atoms. The summed E-state index contributed by atoms with van der Waals surface area (Å²) in [5, 5.41) is 4.36. The molecule has 0 fully saturated rings. The van der Waals surface area contributed by atoms with Crippen molar-refractivity contribution in [2.45, 2.75) is 52.2 Å². The first-order valence-corrected chi connectivity index (χ1v) is 11.3. The van der Waals surface area contributed by atoms with Gasteiger partial charge in [0.1, 0.15) is 11.8 Å². The average molecular weight is 486 g/mol. The zero-order valence-electron chi connectivity index (χ0n) is 17.8. The second-order valence-electron chi connectivity index (χ2n) is 7.25. The maximum atomic E-state index is 13.1. The van der Waals surface area contributed by atoms with Crippen molar-refractivity contribution < 1.29 is 14.3 Å². The predicted molar refractivity (Wildman–Crippen MR) is 126 cm³/mol. The van der Waals surface area contributed by atoms with E-state index < -0.39 is 6.04 Å². The van der Waals surface area contributed by atoms with Gasteiger partial charge in [-0.2, -0.15) is 0 Å². The van der Waals surface area contributed by atoms with Crippen molar-refractivity contribution >= 4 is 46.6 Å². The van der Waals surface area contributed by atoms with Gasteiger partial charge in [-0.05, 0) is 61.7 Å². The number of nitrogens with zero attached hydrogens (tertiary/aromatic N) is 1. The highest BCUT2D eigenvalue weighted by atomic mass is 35.5. The molecule has 0 saturated carbocycles. The van der Waals surface area contributed by atoms with E-state index in [1.165, 1.54) is 4.90 Å². The van der Waals surface area contributed by atoms with Crippen LogP contribution in [0.5, 0.6) is 5.75 Å². The lowest BCUT2D eigenvalue weighted by Gasteiger charge is -2.31. The van der Waals surface area contributed by atoms with Gasteiger partial charge in [-0.1, -0.05) is 54.7 Å². The molecule has 0 aliphatic rings. The number of ether oxygens (including phenoxy) is 1. The Morgan fingerprint density at radius 3 is 2.26 bits per heavy atom. The van der Waals surface area contributed by atoms with Gasteiger partial charge in [0.2, 0.25) is 5.91 Å². The third-order valence-corrected chi connectivity index (χ3v) is 5.89. The SMILES string of the molecule is CC[C@H](C(=O)N[C@@H](C)CC)N(Cc1ccc(Cl)c(Cl)c1)C(=O)COc1ccc(Cl)cc1. The Morgan fingerprint density at radius 2 is 1.68 bits per heavy atom. The predicted octanol–water partition coefficient (Wildman–Crippen LogP) is 5.75. The van der Waals surface area contributed by atoms with Crippen LogP contribution in [0.4, 0.5) is 0 Å². The number of rotatable bonds is 10. The minimum absolute atomic E-state index is 0.00814. The molecule has 31 heavy (non-hydrogen) atoms. The van der Waals surface area contributed by atoms with E-state index in [0.717, 1.165) is 12.0 Å². The largest absolute Gasteiger partial charge is 0.484 e. The molecule has 2 atom stereocenters.